The van der Waals surface area contributed by atoms with Gasteiger partial charge in [0.1, 0.15) is 16.6 Å². The average Bonchev–Trinajstić information content (AvgIpc) is 2.89. The van der Waals surface area contributed by atoms with Crippen LogP contribution in [0.15, 0.2) is 66.0 Å². The van der Waals surface area contributed by atoms with Crippen LogP contribution < -0.4 is 15.4 Å². The van der Waals surface area contributed by atoms with Crippen molar-refractivity contribution in [3.8, 4) is 5.75 Å². The lowest BCUT2D eigenvalue weighted by atomic mass is 10.2. The maximum atomic E-state index is 12.9. The quantitative estimate of drug-likeness (QED) is 0.385. The highest BCUT2D eigenvalue weighted by atomic mass is 32.2. The Kier molecular flexibility index (Phi) is 9.15. The number of alkyl halides is 3. The molecule has 1 fully saturated rings. The van der Waals surface area contributed by atoms with Crippen molar-refractivity contribution in [2.24, 2.45) is 0 Å². The number of nitrogens with zero attached hydrogens (tertiary/aromatic N) is 3. The zero-order valence-corrected chi connectivity index (χ0v) is 20.8. The first-order chi connectivity index (χ1) is 18.2. The van der Waals surface area contributed by atoms with E-state index in [0.717, 1.165) is 17.7 Å². The number of carbonyl (C=O) groups excluding carboxylic acids is 2. The second-order valence-corrected chi connectivity index (χ2v) is 9.12. The predicted octanol–water partition coefficient (Wildman–Crippen LogP) is 4.19. The van der Waals surface area contributed by atoms with Crippen LogP contribution in [0.4, 0.5) is 24.7 Å². The molecule has 3 aromatic rings. The molecular weight excluding hydrogens is 523 g/mol. The molecule has 38 heavy (non-hydrogen) atoms. The number of carbonyl (C=O) groups is 2. The zero-order chi connectivity index (χ0) is 27.0. The number of morpholine rings is 1. The molecule has 0 saturated carbocycles. The van der Waals surface area contributed by atoms with Crippen LogP contribution in [0.1, 0.15) is 15.9 Å². The summed E-state index contributed by atoms with van der Waals surface area (Å²) >= 11 is 1.32. The Morgan fingerprint density at radius 3 is 2.53 bits per heavy atom. The van der Waals surface area contributed by atoms with Gasteiger partial charge in [-0.05, 0) is 54.1 Å². The van der Waals surface area contributed by atoms with E-state index in [1.807, 2.05) is 4.90 Å². The molecule has 13 heteroatoms. The van der Waals surface area contributed by atoms with Crippen molar-refractivity contribution in [1.82, 2.24) is 14.9 Å². The molecule has 0 radical (unpaired) electrons. The molecule has 2 N–H and O–H groups in total. The number of hydrogen-bond donors (Lipinski definition) is 2. The van der Waals surface area contributed by atoms with Crippen molar-refractivity contribution < 1.29 is 32.2 Å². The maximum Gasteiger partial charge on any atom is 0.573 e. The van der Waals surface area contributed by atoms with Gasteiger partial charge in [-0.25, -0.2) is 9.97 Å². The van der Waals surface area contributed by atoms with Gasteiger partial charge in [-0.1, -0.05) is 0 Å². The Labute approximate surface area is 220 Å². The summed E-state index contributed by atoms with van der Waals surface area (Å²) in [7, 11) is 0. The second-order valence-electron chi connectivity index (χ2n) is 8.16. The number of aromatic nitrogens is 2. The maximum absolute atomic E-state index is 12.9. The summed E-state index contributed by atoms with van der Waals surface area (Å²) in [6.45, 7) is 2.88. The minimum absolute atomic E-state index is 0.161. The summed E-state index contributed by atoms with van der Waals surface area (Å²) in [6, 6.07) is 11.6. The first-order valence-corrected chi connectivity index (χ1v) is 12.5. The molecule has 1 aliphatic heterocycles. The van der Waals surface area contributed by atoms with Crippen LogP contribution in [0.3, 0.4) is 0 Å². The average molecular weight is 548 g/mol. The Hall–Kier alpha value is -3.68. The molecule has 1 aliphatic rings. The van der Waals surface area contributed by atoms with E-state index in [-0.39, 0.29) is 18.2 Å². The van der Waals surface area contributed by atoms with E-state index in [1.54, 1.807) is 36.7 Å². The lowest BCUT2D eigenvalue weighted by molar-refractivity contribution is -0.274. The molecule has 1 saturated heterocycles. The van der Waals surface area contributed by atoms with Gasteiger partial charge in [-0.2, -0.15) is 0 Å². The Morgan fingerprint density at radius 2 is 1.79 bits per heavy atom. The van der Waals surface area contributed by atoms with E-state index in [2.05, 4.69) is 25.3 Å². The van der Waals surface area contributed by atoms with Crippen LogP contribution in [0.2, 0.25) is 0 Å². The molecule has 0 bridgehead atoms. The van der Waals surface area contributed by atoms with Crippen LogP contribution in [-0.2, 0) is 15.3 Å². The van der Waals surface area contributed by atoms with E-state index < -0.39 is 12.3 Å². The highest BCUT2D eigenvalue weighted by molar-refractivity contribution is 7.98. The van der Waals surface area contributed by atoms with E-state index >= 15 is 0 Å². The highest BCUT2D eigenvalue weighted by Gasteiger charge is 2.31. The van der Waals surface area contributed by atoms with Gasteiger partial charge in [-0.3, -0.25) is 14.5 Å². The molecule has 0 spiro atoms. The van der Waals surface area contributed by atoms with Crippen molar-refractivity contribution >= 4 is 35.1 Å². The number of halogens is 3. The summed E-state index contributed by atoms with van der Waals surface area (Å²) in [6.07, 6.45) is -1.64. The zero-order valence-electron chi connectivity index (χ0n) is 20.0. The van der Waals surface area contributed by atoms with Gasteiger partial charge in [0.25, 0.3) is 5.91 Å². The Bertz CT molecular complexity index is 1250. The molecule has 0 unspecified atom stereocenters. The largest absolute Gasteiger partial charge is 0.573 e. The first kappa shape index (κ1) is 27.4. The Morgan fingerprint density at radius 1 is 1.03 bits per heavy atom. The Balaban J connectivity index is 1.34. The van der Waals surface area contributed by atoms with Crippen molar-refractivity contribution in [2.45, 2.75) is 17.1 Å². The number of rotatable bonds is 9. The SMILES string of the molecule is O=C(CN1CCOCC1)Nc1cc(CSc2ncccc2C(=O)Nc2ccc(OC(F)(F)F)cc2)ccn1. The molecular formula is C25H24F3N5O4S. The molecule has 2 aromatic heterocycles. The van der Waals surface area contributed by atoms with E-state index in [4.69, 9.17) is 4.74 Å². The third-order valence-electron chi connectivity index (χ3n) is 5.30. The number of amides is 2. The summed E-state index contributed by atoms with van der Waals surface area (Å²) in [5, 5.41) is 5.93. The van der Waals surface area contributed by atoms with Crippen LogP contribution in [0.25, 0.3) is 0 Å². The van der Waals surface area contributed by atoms with E-state index in [1.165, 1.54) is 23.9 Å². The van der Waals surface area contributed by atoms with Crippen molar-refractivity contribution in [1.29, 1.82) is 0 Å². The molecule has 0 atom stereocenters. The van der Waals surface area contributed by atoms with Gasteiger partial charge in [0.05, 0.1) is 25.3 Å². The van der Waals surface area contributed by atoms with Crippen LogP contribution in [-0.4, -0.2) is 65.9 Å². The van der Waals surface area contributed by atoms with Crippen LogP contribution in [0.5, 0.6) is 5.75 Å². The summed E-state index contributed by atoms with van der Waals surface area (Å²) in [4.78, 5) is 35.7. The number of ether oxygens (including phenoxy) is 2. The number of hydrogen-bond acceptors (Lipinski definition) is 8. The third-order valence-corrected chi connectivity index (χ3v) is 6.38. The molecule has 4 rings (SSSR count). The fraction of sp³-hybridized carbons (Fsp3) is 0.280. The normalized spacial score (nSPS) is 14.1. The highest BCUT2D eigenvalue weighted by Crippen LogP contribution is 2.27. The minimum atomic E-state index is -4.79. The van der Waals surface area contributed by atoms with Crippen molar-refractivity contribution in [3.05, 3.63) is 72.1 Å². The molecule has 1 aromatic carbocycles. The van der Waals surface area contributed by atoms with Crippen molar-refractivity contribution in [3.63, 3.8) is 0 Å². The summed E-state index contributed by atoms with van der Waals surface area (Å²) < 4.78 is 46.2. The minimum Gasteiger partial charge on any atom is -0.406 e. The van der Waals surface area contributed by atoms with Crippen molar-refractivity contribution in [2.75, 3.05) is 43.5 Å². The van der Waals surface area contributed by atoms with E-state index in [9.17, 15) is 22.8 Å². The van der Waals surface area contributed by atoms with E-state index in [0.29, 0.717) is 54.2 Å². The summed E-state index contributed by atoms with van der Waals surface area (Å²) in [5.41, 5.74) is 1.47. The number of nitrogens with one attached hydrogen (secondary N) is 2. The van der Waals surface area contributed by atoms with Gasteiger partial charge in [0, 0.05) is 36.9 Å². The molecule has 2 amide bonds. The van der Waals surface area contributed by atoms with Crippen LogP contribution >= 0.6 is 11.8 Å². The second kappa shape index (κ2) is 12.7. The lowest BCUT2D eigenvalue weighted by Gasteiger charge is -2.25. The van der Waals surface area contributed by atoms with Gasteiger partial charge in [0.15, 0.2) is 0 Å². The monoisotopic (exact) mass is 547 g/mol. The van der Waals surface area contributed by atoms with Gasteiger partial charge >= 0.3 is 6.36 Å². The lowest BCUT2D eigenvalue weighted by Crippen LogP contribution is -2.41. The predicted molar refractivity (Wildman–Crippen MR) is 135 cm³/mol. The van der Waals surface area contributed by atoms with Gasteiger partial charge in [0.2, 0.25) is 5.91 Å². The van der Waals surface area contributed by atoms with Gasteiger partial charge in [-0.15, -0.1) is 24.9 Å². The third kappa shape index (κ3) is 8.43. The standard InChI is InChI=1S/C25H24F3N5O4S/c26-25(27,28)37-19-5-3-18(4-6-19)31-23(35)20-2-1-8-30-24(20)38-16-17-7-9-29-21(14-17)32-22(34)15-33-10-12-36-13-11-33/h1-9,14H,10-13,15-16H2,(H,31,35)(H,29,32,34). The first-order valence-electron chi connectivity index (χ1n) is 11.5. The van der Waals surface area contributed by atoms with Gasteiger partial charge < -0.3 is 20.1 Å². The number of thioether (sulfide) groups is 1. The molecule has 0 aliphatic carbocycles. The smallest absolute Gasteiger partial charge is 0.406 e. The number of benzene rings is 1. The molecule has 9 nitrogen and oxygen atoms in total. The summed E-state index contributed by atoms with van der Waals surface area (Å²) in [5.74, 6) is -0.127. The molecule has 200 valence electrons. The number of pyridine rings is 2. The fourth-order valence-electron chi connectivity index (χ4n) is 3.55. The van der Waals surface area contributed by atoms with Crippen LogP contribution in [0, 0.1) is 0 Å². The number of anilines is 2. The topological polar surface area (TPSA) is 106 Å². The molecule has 3 heterocycles. The fourth-order valence-corrected chi connectivity index (χ4v) is 4.48.